The highest BCUT2D eigenvalue weighted by atomic mass is 79.9. The van der Waals surface area contributed by atoms with Gasteiger partial charge in [0.15, 0.2) is 0 Å². The number of carbonyl (C=O) groups excluding carboxylic acids is 1. The van der Waals surface area contributed by atoms with Crippen LogP contribution in [0.1, 0.15) is 11.3 Å². The zero-order valence-corrected chi connectivity index (χ0v) is 17.2. The van der Waals surface area contributed by atoms with Crippen LogP contribution < -0.4 is 5.32 Å². The number of hydrogen-bond donors (Lipinski definition) is 1. The number of nitrogens with one attached hydrogen (secondary N) is 1. The number of likely N-dealkylation sites (N-methyl/N-ethyl adjacent to an activating group) is 1. The molecule has 0 saturated heterocycles. The Kier molecular flexibility index (Phi) is 5.79. The number of pyridine rings is 1. The van der Waals surface area contributed by atoms with Crippen molar-refractivity contribution in [2.24, 2.45) is 0 Å². The topological polar surface area (TPSA) is 108 Å². The van der Waals surface area contributed by atoms with Gasteiger partial charge >= 0.3 is 0 Å². The first kappa shape index (κ1) is 20.0. The third-order valence-corrected chi connectivity index (χ3v) is 6.28. The molecule has 0 atom stereocenters. The van der Waals surface area contributed by atoms with Gasteiger partial charge in [0.2, 0.25) is 15.9 Å². The SMILES string of the molecule is CN(CC(=O)NCc1cn2cc(Br)ccc2n1)S(=O)(=O)c1ccc(C#N)cc1. The van der Waals surface area contributed by atoms with E-state index in [1.54, 1.807) is 6.20 Å². The Labute approximate surface area is 170 Å². The van der Waals surface area contributed by atoms with Gasteiger partial charge in [0.05, 0.1) is 35.3 Å². The van der Waals surface area contributed by atoms with Crippen molar-refractivity contribution in [2.75, 3.05) is 13.6 Å². The maximum absolute atomic E-state index is 12.5. The molecule has 0 aliphatic heterocycles. The van der Waals surface area contributed by atoms with Crippen LogP contribution in [0.5, 0.6) is 0 Å². The van der Waals surface area contributed by atoms with Gasteiger partial charge in [0.25, 0.3) is 0 Å². The molecule has 3 rings (SSSR count). The minimum atomic E-state index is -3.83. The van der Waals surface area contributed by atoms with E-state index in [9.17, 15) is 13.2 Å². The van der Waals surface area contributed by atoms with Gasteiger partial charge in [0.1, 0.15) is 5.65 Å². The Morgan fingerprint density at radius 3 is 2.64 bits per heavy atom. The zero-order valence-electron chi connectivity index (χ0n) is 14.8. The number of nitriles is 1. The molecule has 2 heterocycles. The number of halogens is 1. The summed E-state index contributed by atoms with van der Waals surface area (Å²) in [7, 11) is -2.50. The quantitative estimate of drug-likeness (QED) is 0.602. The summed E-state index contributed by atoms with van der Waals surface area (Å²) in [6.45, 7) is -0.149. The number of sulfonamides is 1. The summed E-state index contributed by atoms with van der Waals surface area (Å²) in [6, 6.07) is 11.2. The van der Waals surface area contributed by atoms with Gasteiger partial charge in [-0.1, -0.05) is 0 Å². The lowest BCUT2D eigenvalue weighted by atomic mass is 10.2. The number of imidazole rings is 1. The van der Waals surface area contributed by atoms with E-state index in [4.69, 9.17) is 5.26 Å². The molecule has 0 unspecified atom stereocenters. The monoisotopic (exact) mass is 461 g/mol. The largest absolute Gasteiger partial charge is 0.349 e. The fraction of sp³-hybridized carbons (Fsp3) is 0.167. The fourth-order valence-corrected chi connectivity index (χ4v) is 4.00. The second-order valence-corrected chi connectivity index (χ2v) is 8.98. The van der Waals surface area contributed by atoms with Gasteiger partial charge in [-0.25, -0.2) is 13.4 Å². The number of amides is 1. The van der Waals surface area contributed by atoms with E-state index < -0.39 is 15.9 Å². The molecule has 0 bridgehead atoms. The number of rotatable bonds is 6. The van der Waals surface area contributed by atoms with E-state index in [1.807, 2.05) is 28.8 Å². The fourth-order valence-electron chi connectivity index (χ4n) is 2.52. The molecule has 0 spiro atoms. The Hall–Kier alpha value is -2.74. The molecule has 144 valence electrons. The van der Waals surface area contributed by atoms with Crippen LogP contribution in [0.15, 0.2) is 58.2 Å². The lowest BCUT2D eigenvalue weighted by Crippen LogP contribution is -2.38. The molecule has 10 heteroatoms. The molecule has 0 aliphatic rings. The lowest BCUT2D eigenvalue weighted by molar-refractivity contribution is -0.121. The Morgan fingerprint density at radius 1 is 1.25 bits per heavy atom. The van der Waals surface area contributed by atoms with Gasteiger partial charge < -0.3 is 9.72 Å². The summed E-state index contributed by atoms with van der Waals surface area (Å²) in [6.07, 6.45) is 3.64. The highest BCUT2D eigenvalue weighted by Crippen LogP contribution is 2.15. The highest BCUT2D eigenvalue weighted by Gasteiger charge is 2.23. The van der Waals surface area contributed by atoms with Crippen molar-refractivity contribution in [1.82, 2.24) is 19.0 Å². The van der Waals surface area contributed by atoms with Gasteiger partial charge in [-0.3, -0.25) is 4.79 Å². The van der Waals surface area contributed by atoms with Crippen LogP contribution in [0.4, 0.5) is 0 Å². The van der Waals surface area contributed by atoms with Crippen molar-refractivity contribution in [2.45, 2.75) is 11.4 Å². The normalized spacial score (nSPS) is 11.5. The number of benzene rings is 1. The van der Waals surface area contributed by atoms with Crippen molar-refractivity contribution < 1.29 is 13.2 Å². The number of aromatic nitrogens is 2. The predicted molar refractivity (Wildman–Crippen MR) is 106 cm³/mol. The summed E-state index contributed by atoms with van der Waals surface area (Å²) in [4.78, 5) is 16.6. The maximum Gasteiger partial charge on any atom is 0.243 e. The zero-order chi connectivity index (χ0) is 20.3. The van der Waals surface area contributed by atoms with Crippen molar-refractivity contribution >= 4 is 37.5 Å². The number of nitrogens with zero attached hydrogens (tertiary/aromatic N) is 4. The summed E-state index contributed by atoms with van der Waals surface area (Å²) >= 11 is 3.38. The molecule has 0 saturated carbocycles. The summed E-state index contributed by atoms with van der Waals surface area (Å²) in [5.41, 5.74) is 1.76. The summed E-state index contributed by atoms with van der Waals surface area (Å²) in [5.74, 6) is -0.446. The van der Waals surface area contributed by atoms with Crippen molar-refractivity contribution in [1.29, 1.82) is 5.26 Å². The van der Waals surface area contributed by atoms with Crippen molar-refractivity contribution in [3.63, 3.8) is 0 Å². The molecule has 1 amide bonds. The van der Waals surface area contributed by atoms with Crippen LogP contribution in [-0.4, -0.2) is 41.6 Å². The van der Waals surface area contributed by atoms with Crippen LogP contribution in [0.25, 0.3) is 5.65 Å². The first-order chi connectivity index (χ1) is 13.3. The van der Waals surface area contributed by atoms with E-state index in [0.717, 1.165) is 14.4 Å². The minimum absolute atomic E-state index is 0.0210. The third-order valence-electron chi connectivity index (χ3n) is 3.99. The van der Waals surface area contributed by atoms with Crippen LogP contribution >= 0.6 is 15.9 Å². The highest BCUT2D eigenvalue weighted by molar-refractivity contribution is 9.10. The molecule has 2 aromatic heterocycles. The van der Waals surface area contributed by atoms with E-state index >= 15 is 0 Å². The second kappa shape index (κ2) is 8.10. The van der Waals surface area contributed by atoms with E-state index in [-0.39, 0.29) is 18.0 Å². The van der Waals surface area contributed by atoms with Gasteiger partial charge in [0, 0.05) is 23.9 Å². The molecular formula is C18H16BrN5O3S. The lowest BCUT2D eigenvalue weighted by Gasteiger charge is -2.16. The van der Waals surface area contributed by atoms with Crippen LogP contribution in [0.2, 0.25) is 0 Å². The van der Waals surface area contributed by atoms with Gasteiger partial charge in [-0.2, -0.15) is 9.57 Å². The van der Waals surface area contributed by atoms with Crippen molar-refractivity contribution in [3.8, 4) is 6.07 Å². The molecule has 1 aromatic carbocycles. The molecule has 0 aliphatic carbocycles. The Balaban J connectivity index is 1.62. The van der Waals surface area contributed by atoms with Crippen LogP contribution in [0, 0.1) is 11.3 Å². The smallest absolute Gasteiger partial charge is 0.243 e. The first-order valence-electron chi connectivity index (χ1n) is 8.16. The van der Waals surface area contributed by atoms with Gasteiger partial charge in [-0.15, -0.1) is 0 Å². The average Bonchev–Trinajstić information content (AvgIpc) is 3.08. The average molecular weight is 462 g/mol. The molecule has 3 aromatic rings. The maximum atomic E-state index is 12.5. The molecule has 0 radical (unpaired) electrons. The standard InChI is InChI=1S/C18H16BrN5O3S/c1-23(28(26,27)16-5-2-13(8-20)3-6-16)12-18(25)21-9-15-11-24-10-14(19)4-7-17(24)22-15/h2-7,10-11H,9,12H2,1H3,(H,21,25). The van der Waals surface area contributed by atoms with E-state index in [2.05, 4.69) is 26.2 Å². The molecule has 0 fully saturated rings. The molecule has 8 nitrogen and oxygen atoms in total. The molecular weight excluding hydrogens is 446 g/mol. The molecule has 1 N–H and O–H groups in total. The summed E-state index contributed by atoms with van der Waals surface area (Å²) in [5, 5.41) is 11.5. The molecule has 28 heavy (non-hydrogen) atoms. The number of hydrogen-bond acceptors (Lipinski definition) is 5. The van der Waals surface area contributed by atoms with E-state index in [0.29, 0.717) is 11.3 Å². The predicted octanol–water partition coefficient (Wildman–Crippen LogP) is 1.91. The summed E-state index contributed by atoms with van der Waals surface area (Å²) < 4.78 is 28.8. The van der Waals surface area contributed by atoms with Gasteiger partial charge in [-0.05, 0) is 52.3 Å². The van der Waals surface area contributed by atoms with E-state index in [1.165, 1.54) is 31.3 Å². The second-order valence-electron chi connectivity index (χ2n) is 6.02. The van der Waals surface area contributed by atoms with Crippen LogP contribution in [-0.2, 0) is 21.4 Å². The minimum Gasteiger partial charge on any atom is -0.349 e. The number of carbonyl (C=O) groups is 1. The Morgan fingerprint density at radius 2 is 1.96 bits per heavy atom. The number of fused-ring (bicyclic) bond motifs is 1. The van der Waals surface area contributed by atoms with Crippen molar-refractivity contribution in [3.05, 3.63) is 64.5 Å². The van der Waals surface area contributed by atoms with Crippen LogP contribution in [0.3, 0.4) is 0 Å². The Bertz CT molecular complexity index is 1170. The third kappa shape index (κ3) is 4.39. The first-order valence-corrected chi connectivity index (χ1v) is 10.4.